The standard InChI is InChI=1S/C15H15BrN2O3/c1-10-7-13(5-3-11(10)9-17-2)21-15-8-12(18(19)20)4-6-14(15)16/h3-8,17H,9H2,1-2H3. The van der Waals surface area contributed by atoms with Crippen LogP contribution in [0, 0.1) is 17.0 Å². The quantitative estimate of drug-likeness (QED) is 0.648. The molecule has 110 valence electrons. The Kier molecular flexibility index (Phi) is 4.93. The molecule has 0 spiro atoms. The molecule has 2 aromatic rings. The van der Waals surface area contributed by atoms with Gasteiger partial charge in [-0.05, 0) is 59.2 Å². The molecule has 1 N–H and O–H groups in total. The van der Waals surface area contributed by atoms with E-state index in [1.807, 2.05) is 32.2 Å². The van der Waals surface area contributed by atoms with E-state index in [1.54, 1.807) is 6.07 Å². The number of ether oxygens (including phenoxy) is 1. The lowest BCUT2D eigenvalue weighted by molar-refractivity contribution is -0.384. The van der Waals surface area contributed by atoms with E-state index in [2.05, 4.69) is 21.2 Å². The summed E-state index contributed by atoms with van der Waals surface area (Å²) in [6, 6.07) is 10.2. The summed E-state index contributed by atoms with van der Waals surface area (Å²) in [4.78, 5) is 10.4. The smallest absolute Gasteiger partial charge is 0.273 e. The number of nitrogens with zero attached hydrogens (tertiary/aromatic N) is 1. The van der Waals surface area contributed by atoms with Crippen LogP contribution in [0.15, 0.2) is 40.9 Å². The molecule has 2 aromatic carbocycles. The van der Waals surface area contributed by atoms with Crippen LogP contribution in [0.5, 0.6) is 11.5 Å². The van der Waals surface area contributed by atoms with Crippen molar-refractivity contribution in [3.05, 3.63) is 62.1 Å². The van der Waals surface area contributed by atoms with E-state index >= 15 is 0 Å². The van der Waals surface area contributed by atoms with Crippen LogP contribution in [0.2, 0.25) is 0 Å². The maximum absolute atomic E-state index is 10.8. The molecule has 5 nitrogen and oxygen atoms in total. The third-order valence-electron chi connectivity index (χ3n) is 3.03. The van der Waals surface area contributed by atoms with Crippen LogP contribution in [0.1, 0.15) is 11.1 Å². The predicted octanol–water partition coefficient (Wildman–Crippen LogP) is 4.18. The van der Waals surface area contributed by atoms with Crippen LogP contribution in [-0.4, -0.2) is 12.0 Å². The van der Waals surface area contributed by atoms with E-state index in [0.29, 0.717) is 16.0 Å². The Hall–Kier alpha value is -1.92. The Balaban J connectivity index is 2.27. The molecule has 0 fully saturated rings. The zero-order valence-electron chi connectivity index (χ0n) is 11.7. The fourth-order valence-corrected chi connectivity index (χ4v) is 2.26. The first-order chi connectivity index (χ1) is 10.0. The maximum Gasteiger partial charge on any atom is 0.273 e. The molecule has 21 heavy (non-hydrogen) atoms. The summed E-state index contributed by atoms with van der Waals surface area (Å²) in [5.74, 6) is 1.07. The third-order valence-corrected chi connectivity index (χ3v) is 3.69. The van der Waals surface area contributed by atoms with Gasteiger partial charge in [-0.2, -0.15) is 0 Å². The second-order valence-corrected chi connectivity index (χ2v) is 5.45. The molecule has 0 aliphatic carbocycles. The monoisotopic (exact) mass is 350 g/mol. The van der Waals surface area contributed by atoms with E-state index in [9.17, 15) is 10.1 Å². The van der Waals surface area contributed by atoms with Gasteiger partial charge in [-0.25, -0.2) is 0 Å². The predicted molar refractivity (Wildman–Crippen MR) is 84.8 cm³/mol. The summed E-state index contributed by atoms with van der Waals surface area (Å²) >= 11 is 3.34. The number of nitro benzene ring substituents is 1. The van der Waals surface area contributed by atoms with Crippen molar-refractivity contribution in [2.24, 2.45) is 0 Å². The lowest BCUT2D eigenvalue weighted by Gasteiger charge is -2.11. The zero-order chi connectivity index (χ0) is 15.4. The van der Waals surface area contributed by atoms with Gasteiger partial charge in [-0.3, -0.25) is 10.1 Å². The van der Waals surface area contributed by atoms with Gasteiger partial charge in [0.15, 0.2) is 0 Å². The molecule has 0 atom stereocenters. The van der Waals surface area contributed by atoms with Gasteiger partial charge in [0.05, 0.1) is 15.5 Å². The van der Waals surface area contributed by atoms with Crippen LogP contribution in [-0.2, 0) is 6.54 Å². The van der Waals surface area contributed by atoms with Crippen molar-refractivity contribution in [2.75, 3.05) is 7.05 Å². The highest BCUT2D eigenvalue weighted by Crippen LogP contribution is 2.33. The van der Waals surface area contributed by atoms with E-state index in [1.165, 1.54) is 17.7 Å². The Morgan fingerprint density at radius 1 is 1.29 bits per heavy atom. The third kappa shape index (κ3) is 3.80. The fourth-order valence-electron chi connectivity index (χ4n) is 1.93. The van der Waals surface area contributed by atoms with Crippen molar-refractivity contribution >= 4 is 21.6 Å². The lowest BCUT2D eigenvalue weighted by atomic mass is 10.1. The minimum absolute atomic E-state index is 0.00303. The van der Waals surface area contributed by atoms with Gasteiger partial charge < -0.3 is 10.1 Å². The Labute approximate surface area is 131 Å². The topological polar surface area (TPSA) is 64.4 Å². The fraction of sp³-hybridized carbons (Fsp3) is 0.200. The number of halogens is 1. The van der Waals surface area contributed by atoms with Gasteiger partial charge in [0.25, 0.3) is 5.69 Å². The van der Waals surface area contributed by atoms with Crippen molar-refractivity contribution < 1.29 is 9.66 Å². The first kappa shape index (κ1) is 15.5. The number of rotatable bonds is 5. The van der Waals surface area contributed by atoms with E-state index in [4.69, 9.17) is 4.74 Å². The molecule has 2 rings (SSSR count). The Bertz CT molecular complexity index is 674. The van der Waals surface area contributed by atoms with Gasteiger partial charge in [0.2, 0.25) is 0 Å². The maximum atomic E-state index is 10.8. The van der Waals surface area contributed by atoms with Crippen molar-refractivity contribution in [2.45, 2.75) is 13.5 Å². The van der Waals surface area contributed by atoms with Gasteiger partial charge in [0, 0.05) is 12.6 Å². The van der Waals surface area contributed by atoms with E-state index in [0.717, 1.165) is 12.1 Å². The molecular weight excluding hydrogens is 336 g/mol. The average molecular weight is 351 g/mol. The minimum Gasteiger partial charge on any atom is -0.456 e. The van der Waals surface area contributed by atoms with E-state index < -0.39 is 4.92 Å². The molecule has 0 unspecified atom stereocenters. The normalized spacial score (nSPS) is 10.4. The van der Waals surface area contributed by atoms with Crippen LogP contribution in [0.3, 0.4) is 0 Å². The second kappa shape index (κ2) is 6.69. The first-order valence-corrected chi connectivity index (χ1v) is 7.16. The summed E-state index contributed by atoms with van der Waals surface area (Å²) in [5, 5.41) is 13.9. The summed E-state index contributed by atoms with van der Waals surface area (Å²) in [6.45, 7) is 2.79. The highest BCUT2D eigenvalue weighted by Gasteiger charge is 2.11. The molecule has 0 heterocycles. The molecule has 0 saturated carbocycles. The minimum atomic E-state index is -0.444. The summed E-state index contributed by atoms with van der Waals surface area (Å²) in [5.41, 5.74) is 2.28. The van der Waals surface area contributed by atoms with Gasteiger partial charge in [-0.15, -0.1) is 0 Å². The summed E-state index contributed by atoms with van der Waals surface area (Å²) in [7, 11) is 1.89. The molecular formula is C15H15BrN2O3. The van der Waals surface area contributed by atoms with Crippen LogP contribution in [0.25, 0.3) is 0 Å². The highest BCUT2D eigenvalue weighted by atomic mass is 79.9. The molecule has 0 aliphatic heterocycles. The number of hydrogen-bond acceptors (Lipinski definition) is 4. The Morgan fingerprint density at radius 2 is 2.05 bits per heavy atom. The SMILES string of the molecule is CNCc1ccc(Oc2cc([N+](=O)[O-])ccc2Br)cc1C. The molecule has 0 aliphatic rings. The first-order valence-electron chi connectivity index (χ1n) is 6.37. The molecule has 6 heteroatoms. The number of nitro groups is 1. The summed E-state index contributed by atoms with van der Waals surface area (Å²) < 4.78 is 6.41. The molecule has 0 aromatic heterocycles. The number of nitrogens with one attached hydrogen (secondary N) is 1. The van der Waals surface area contributed by atoms with Gasteiger partial charge in [-0.1, -0.05) is 6.07 Å². The number of hydrogen-bond donors (Lipinski definition) is 1. The molecule has 0 radical (unpaired) electrons. The van der Waals surface area contributed by atoms with E-state index in [-0.39, 0.29) is 5.69 Å². The van der Waals surface area contributed by atoms with Crippen molar-refractivity contribution in [3.8, 4) is 11.5 Å². The molecule has 0 saturated heterocycles. The Morgan fingerprint density at radius 3 is 2.67 bits per heavy atom. The average Bonchev–Trinajstić information content (AvgIpc) is 2.44. The number of benzene rings is 2. The number of aryl methyl sites for hydroxylation is 1. The summed E-state index contributed by atoms with van der Waals surface area (Å²) in [6.07, 6.45) is 0. The van der Waals surface area contributed by atoms with Gasteiger partial charge >= 0.3 is 0 Å². The van der Waals surface area contributed by atoms with Gasteiger partial charge in [0.1, 0.15) is 11.5 Å². The number of non-ortho nitro benzene ring substituents is 1. The second-order valence-electron chi connectivity index (χ2n) is 4.59. The highest BCUT2D eigenvalue weighted by molar-refractivity contribution is 9.10. The molecule has 0 amide bonds. The van der Waals surface area contributed by atoms with Crippen molar-refractivity contribution in [1.82, 2.24) is 5.32 Å². The van der Waals surface area contributed by atoms with Crippen LogP contribution in [0.4, 0.5) is 5.69 Å². The zero-order valence-corrected chi connectivity index (χ0v) is 13.3. The molecule has 0 bridgehead atoms. The van der Waals surface area contributed by atoms with Crippen molar-refractivity contribution in [1.29, 1.82) is 0 Å². The van der Waals surface area contributed by atoms with Crippen molar-refractivity contribution in [3.63, 3.8) is 0 Å². The largest absolute Gasteiger partial charge is 0.456 e. The van der Waals surface area contributed by atoms with Crippen LogP contribution >= 0.6 is 15.9 Å². The van der Waals surface area contributed by atoms with Crippen LogP contribution < -0.4 is 10.1 Å². The lowest BCUT2D eigenvalue weighted by Crippen LogP contribution is -2.06.